The zero-order valence-corrected chi connectivity index (χ0v) is 20.0. The van der Waals surface area contributed by atoms with Crippen molar-refractivity contribution in [1.29, 1.82) is 0 Å². The zero-order valence-electron chi connectivity index (χ0n) is 19.2. The summed E-state index contributed by atoms with van der Waals surface area (Å²) in [6.07, 6.45) is 4.46. The van der Waals surface area contributed by atoms with Crippen LogP contribution in [0.3, 0.4) is 0 Å². The number of hydrogen-bond acceptors (Lipinski definition) is 6. The largest absolute Gasteiger partial charge is 0.493 e. The fraction of sp³-hybridized carbons (Fsp3) is 0.280. The fourth-order valence-corrected chi connectivity index (χ4v) is 5.41. The van der Waals surface area contributed by atoms with Gasteiger partial charge < -0.3 is 14.8 Å². The highest BCUT2D eigenvalue weighted by atomic mass is 32.2. The number of nitrogens with zero attached hydrogens (tertiary/aromatic N) is 2. The number of nitrogens with one attached hydrogen (secondary N) is 1. The second kappa shape index (κ2) is 10.8. The van der Waals surface area contributed by atoms with Crippen LogP contribution in [-0.4, -0.2) is 43.8 Å². The summed E-state index contributed by atoms with van der Waals surface area (Å²) in [5.41, 5.74) is 1.44. The van der Waals surface area contributed by atoms with Crippen LogP contribution in [0.1, 0.15) is 18.4 Å². The van der Waals surface area contributed by atoms with Crippen molar-refractivity contribution in [2.45, 2.75) is 24.3 Å². The van der Waals surface area contributed by atoms with Crippen LogP contribution in [0.25, 0.3) is 0 Å². The standard InChI is InChI=1S/C25H26FN3O5S/c1-33-23-9-6-21(15-24(23)34-17-18-10-12-27-13-11-18)28-25(30)19-3-2-14-29(16-19)35(31,32)22-7-4-20(26)5-8-22/h4-13,15,19H,2-3,14,16-17H2,1H3,(H,28,30). The molecule has 10 heteroatoms. The molecule has 0 saturated carbocycles. The minimum atomic E-state index is -3.82. The highest BCUT2D eigenvalue weighted by Gasteiger charge is 2.33. The average Bonchev–Trinajstić information content (AvgIpc) is 2.88. The molecule has 1 amide bonds. The number of benzene rings is 2. The van der Waals surface area contributed by atoms with Gasteiger partial charge in [-0.05, 0) is 66.9 Å². The maximum Gasteiger partial charge on any atom is 0.243 e. The van der Waals surface area contributed by atoms with E-state index in [1.807, 2.05) is 12.1 Å². The number of halogens is 1. The van der Waals surface area contributed by atoms with Gasteiger partial charge in [0.25, 0.3) is 0 Å². The number of aromatic nitrogens is 1. The van der Waals surface area contributed by atoms with Crippen molar-refractivity contribution in [2.24, 2.45) is 5.92 Å². The third kappa shape index (κ3) is 5.95. The molecule has 2 heterocycles. The van der Waals surface area contributed by atoms with E-state index in [4.69, 9.17) is 9.47 Å². The van der Waals surface area contributed by atoms with Gasteiger partial charge in [0.15, 0.2) is 11.5 Å². The van der Waals surface area contributed by atoms with Gasteiger partial charge in [0.1, 0.15) is 12.4 Å². The smallest absolute Gasteiger partial charge is 0.243 e. The molecule has 8 nitrogen and oxygen atoms in total. The Morgan fingerprint density at radius 3 is 2.57 bits per heavy atom. The summed E-state index contributed by atoms with van der Waals surface area (Å²) in [5, 5.41) is 2.87. The summed E-state index contributed by atoms with van der Waals surface area (Å²) >= 11 is 0. The SMILES string of the molecule is COc1ccc(NC(=O)C2CCCN(S(=O)(=O)c3ccc(F)cc3)C2)cc1OCc1ccncc1. The second-order valence-corrected chi connectivity index (χ2v) is 10.1. The van der Waals surface area contributed by atoms with Crippen molar-refractivity contribution in [2.75, 3.05) is 25.5 Å². The van der Waals surface area contributed by atoms with Crippen LogP contribution in [0.4, 0.5) is 10.1 Å². The highest BCUT2D eigenvalue weighted by molar-refractivity contribution is 7.89. The quantitative estimate of drug-likeness (QED) is 0.506. The summed E-state index contributed by atoms with van der Waals surface area (Å²) in [6.45, 7) is 0.654. The summed E-state index contributed by atoms with van der Waals surface area (Å²) in [6, 6.07) is 13.4. The van der Waals surface area contributed by atoms with Crippen LogP contribution in [0.2, 0.25) is 0 Å². The first-order valence-corrected chi connectivity index (χ1v) is 12.6. The number of pyridine rings is 1. The van der Waals surface area contributed by atoms with Crippen LogP contribution < -0.4 is 14.8 Å². The molecule has 1 N–H and O–H groups in total. The number of carbonyl (C=O) groups excluding carboxylic acids is 1. The van der Waals surface area contributed by atoms with E-state index < -0.39 is 21.8 Å². The first kappa shape index (κ1) is 24.6. The van der Waals surface area contributed by atoms with Crippen molar-refractivity contribution >= 4 is 21.6 Å². The molecule has 1 saturated heterocycles. The number of amides is 1. The maximum atomic E-state index is 13.2. The van der Waals surface area contributed by atoms with Crippen molar-refractivity contribution in [3.05, 3.63) is 78.4 Å². The molecule has 2 aromatic carbocycles. The number of ether oxygens (including phenoxy) is 2. The highest BCUT2D eigenvalue weighted by Crippen LogP contribution is 2.32. The normalized spacial score (nSPS) is 16.5. The molecule has 184 valence electrons. The molecule has 3 aromatic rings. The van der Waals surface area contributed by atoms with Crippen molar-refractivity contribution in [3.8, 4) is 11.5 Å². The van der Waals surface area contributed by atoms with Crippen molar-refractivity contribution < 1.29 is 27.1 Å². The number of sulfonamides is 1. The van der Waals surface area contributed by atoms with E-state index in [0.29, 0.717) is 43.2 Å². The van der Waals surface area contributed by atoms with E-state index >= 15 is 0 Å². The molecule has 1 unspecified atom stereocenters. The molecule has 1 fully saturated rings. The van der Waals surface area contributed by atoms with E-state index in [1.165, 1.54) is 23.5 Å². The molecular formula is C25H26FN3O5S. The van der Waals surface area contributed by atoms with Gasteiger partial charge in [0.05, 0.1) is 17.9 Å². The number of hydrogen-bond donors (Lipinski definition) is 1. The molecule has 4 rings (SSSR count). The number of anilines is 1. The predicted molar refractivity (Wildman–Crippen MR) is 128 cm³/mol. The molecular weight excluding hydrogens is 473 g/mol. The molecule has 1 atom stereocenters. The minimum Gasteiger partial charge on any atom is -0.493 e. The fourth-order valence-electron chi connectivity index (χ4n) is 3.88. The Morgan fingerprint density at radius 2 is 1.86 bits per heavy atom. The lowest BCUT2D eigenvalue weighted by atomic mass is 9.98. The topological polar surface area (TPSA) is 97.8 Å². The number of methoxy groups -OCH3 is 1. The Morgan fingerprint density at radius 1 is 1.11 bits per heavy atom. The van der Waals surface area contributed by atoms with Crippen molar-refractivity contribution in [1.82, 2.24) is 9.29 Å². The van der Waals surface area contributed by atoms with Gasteiger partial charge in [-0.25, -0.2) is 12.8 Å². The van der Waals surface area contributed by atoms with E-state index in [2.05, 4.69) is 10.3 Å². The molecule has 1 aromatic heterocycles. The first-order chi connectivity index (χ1) is 16.9. The van der Waals surface area contributed by atoms with Crippen LogP contribution in [0, 0.1) is 11.7 Å². The Hall–Kier alpha value is -3.50. The minimum absolute atomic E-state index is 0.00565. The molecule has 0 radical (unpaired) electrons. The summed E-state index contributed by atoms with van der Waals surface area (Å²) < 4.78 is 51.7. The Kier molecular flexibility index (Phi) is 7.62. The van der Waals surface area contributed by atoms with E-state index in [0.717, 1.165) is 17.7 Å². The molecule has 0 aliphatic carbocycles. The van der Waals surface area contributed by atoms with Crippen LogP contribution in [0.15, 0.2) is 71.9 Å². The molecule has 0 bridgehead atoms. The van der Waals surface area contributed by atoms with Gasteiger partial charge in [-0.15, -0.1) is 0 Å². The van der Waals surface area contributed by atoms with E-state index in [-0.39, 0.29) is 17.3 Å². The van der Waals surface area contributed by atoms with Crippen LogP contribution in [-0.2, 0) is 21.4 Å². The summed E-state index contributed by atoms with van der Waals surface area (Å²) in [7, 11) is -2.29. The number of rotatable bonds is 8. The number of piperidine rings is 1. The van der Waals surface area contributed by atoms with Gasteiger partial charge in [-0.2, -0.15) is 4.31 Å². The maximum absolute atomic E-state index is 13.2. The predicted octanol–water partition coefficient (Wildman–Crippen LogP) is 3.85. The Labute approximate surface area is 203 Å². The summed E-state index contributed by atoms with van der Waals surface area (Å²) in [5.74, 6) is -0.336. The second-order valence-electron chi connectivity index (χ2n) is 8.16. The van der Waals surface area contributed by atoms with Crippen LogP contribution >= 0.6 is 0 Å². The van der Waals surface area contributed by atoms with Crippen LogP contribution in [0.5, 0.6) is 11.5 Å². The molecule has 1 aliphatic heterocycles. The monoisotopic (exact) mass is 499 g/mol. The first-order valence-electron chi connectivity index (χ1n) is 11.1. The zero-order chi connectivity index (χ0) is 24.8. The summed E-state index contributed by atoms with van der Waals surface area (Å²) in [4.78, 5) is 17.0. The lowest BCUT2D eigenvalue weighted by Crippen LogP contribution is -2.43. The lowest BCUT2D eigenvalue weighted by Gasteiger charge is -2.31. The molecule has 0 spiro atoms. The van der Waals surface area contributed by atoms with Gasteiger partial charge in [0.2, 0.25) is 15.9 Å². The number of carbonyl (C=O) groups is 1. The third-order valence-corrected chi connectivity index (χ3v) is 7.66. The van der Waals surface area contributed by atoms with Gasteiger partial charge >= 0.3 is 0 Å². The Bertz CT molecular complexity index is 1270. The van der Waals surface area contributed by atoms with Gasteiger partial charge in [-0.1, -0.05) is 0 Å². The molecule has 1 aliphatic rings. The lowest BCUT2D eigenvalue weighted by molar-refractivity contribution is -0.120. The van der Waals surface area contributed by atoms with E-state index in [1.54, 1.807) is 30.6 Å². The van der Waals surface area contributed by atoms with Gasteiger partial charge in [0, 0.05) is 37.2 Å². The van der Waals surface area contributed by atoms with E-state index in [9.17, 15) is 17.6 Å². The van der Waals surface area contributed by atoms with Gasteiger partial charge in [-0.3, -0.25) is 9.78 Å². The average molecular weight is 500 g/mol. The molecule has 35 heavy (non-hydrogen) atoms. The third-order valence-electron chi connectivity index (χ3n) is 5.78. The van der Waals surface area contributed by atoms with Crippen molar-refractivity contribution in [3.63, 3.8) is 0 Å². The Balaban J connectivity index is 1.43.